The number of alkyl halides is 3. The Bertz CT molecular complexity index is 1790. The van der Waals surface area contributed by atoms with E-state index in [2.05, 4.69) is 46.1 Å². The molecule has 0 unspecified atom stereocenters. The summed E-state index contributed by atoms with van der Waals surface area (Å²) in [6.45, 7) is 1.60. The van der Waals surface area contributed by atoms with Gasteiger partial charge in [0.2, 0.25) is 5.88 Å². The Morgan fingerprint density at radius 2 is 1.95 bits per heavy atom. The highest BCUT2D eigenvalue weighted by Gasteiger charge is 2.49. The van der Waals surface area contributed by atoms with Gasteiger partial charge in [0.25, 0.3) is 0 Å². The van der Waals surface area contributed by atoms with Crippen LogP contribution in [0.2, 0.25) is 0 Å². The monoisotopic (exact) mass is 603 g/mol. The number of rotatable bonds is 8. The maximum absolute atomic E-state index is 13.6. The van der Waals surface area contributed by atoms with Crippen LogP contribution in [0, 0.1) is 11.3 Å². The molecule has 0 spiro atoms. The molecule has 1 saturated heterocycles. The van der Waals surface area contributed by atoms with Gasteiger partial charge in [-0.3, -0.25) is 9.58 Å². The van der Waals surface area contributed by atoms with Gasteiger partial charge in [0.1, 0.15) is 36.4 Å². The van der Waals surface area contributed by atoms with Crippen LogP contribution in [-0.4, -0.2) is 74.6 Å². The van der Waals surface area contributed by atoms with Crippen molar-refractivity contribution in [2.24, 2.45) is 0 Å². The molecule has 0 amide bonds. The predicted octanol–water partition coefficient (Wildman–Crippen LogP) is 4.19. The maximum Gasteiger partial charge on any atom is 0.433 e. The van der Waals surface area contributed by atoms with Crippen molar-refractivity contribution >= 4 is 11.0 Å². The number of aromatic nitrogens is 9. The first-order valence-corrected chi connectivity index (χ1v) is 14.3. The normalized spacial score (nSPS) is 21.3. The van der Waals surface area contributed by atoms with Crippen LogP contribution in [0.3, 0.4) is 0 Å². The molecule has 0 radical (unpaired) electrons. The van der Waals surface area contributed by atoms with Gasteiger partial charge in [-0.2, -0.15) is 28.6 Å². The fourth-order valence-electron chi connectivity index (χ4n) is 6.33. The summed E-state index contributed by atoms with van der Waals surface area (Å²) in [6.07, 6.45) is 8.21. The third kappa shape index (κ3) is 5.37. The molecule has 1 aliphatic heterocycles. The standard InChI is InChI=1S/C29H28F3N11O/c30-29(31,32)24-9-19(14-42-18-34-16-39-42)10-25(40-24)44-22-2-7-41(8-3-22)21-11-28(12-21,4-5-33)43-15-20(13-38-43)26-23-1-6-35-27(23)37-17-36-26/h1,6,9-10,13,15-18,21-22H,2-4,7-8,11-12,14H2,(H,35,36,37)/t21-,28-. The molecule has 12 nitrogen and oxygen atoms in total. The highest BCUT2D eigenvalue weighted by Crippen LogP contribution is 2.45. The van der Waals surface area contributed by atoms with Crippen molar-refractivity contribution in [1.29, 1.82) is 5.26 Å². The fourth-order valence-corrected chi connectivity index (χ4v) is 6.33. The van der Waals surface area contributed by atoms with Crippen molar-refractivity contribution in [1.82, 2.24) is 49.4 Å². The molecule has 0 aromatic carbocycles. The smallest absolute Gasteiger partial charge is 0.433 e. The quantitative estimate of drug-likeness (QED) is 0.277. The lowest BCUT2D eigenvalue weighted by atomic mass is 9.69. The number of hydrogen-bond acceptors (Lipinski definition) is 9. The van der Waals surface area contributed by atoms with Crippen LogP contribution in [0.1, 0.15) is 43.4 Å². The summed E-state index contributed by atoms with van der Waals surface area (Å²) < 4.78 is 50.1. The van der Waals surface area contributed by atoms with E-state index < -0.39 is 17.4 Å². The van der Waals surface area contributed by atoms with E-state index in [-0.39, 0.29) is 24.6 Å². The second-order valence-corrected chi connectivity index (χ2v) is 11.4. The summed E-state index contributed by atoms with van der Waals surface area (Å²) in [4.78, 5) is 21.8. The summed E-state index contributed by atoms with van der Waals surface area (Å²) in [5.41, 5.74) is 1.38. The summed E-state index contributed by atoms with van der Waals surface area (Å²) in [5, 5.41) is 19.2. The molecule has 15 heteroatoms. The zero-order valence-electron chi connectivity index (χ0n) is 23.5. The number of nitriles is 1. The predicted molar refractivity (Wildman–Crippen MR) is 150 cm³/mol. The van der Waals surface area contributed by atoms with Crippen LogP contribution in [-0.2, 0) is 18.3 Å². The number of ether oxygens (including phenoxy) is 1. The van der Waals surface area contributed by atoms with E-state index in [9.17, 15) is 18.4 Å². The van der Waals surface area contributed by atoms with E-state index in [0.717, 1.165) is 54.3 Å². The first-order valence-electron chi connectivity index (χ1n) is 14.3. The third-order valence-electron chi connectivity index (χ3n) is 8.58. The Balaban J connectivity index is 0.994. The lowest BCUT2D eigenvalue weighted by Gasteiger charge is -2.52. The molecule has 0 bridgehead atoms. The fraction of sp³-hybridized carbons (Fsp3) is 0.414. The summed E-state index contributed by atoms with van der Waals surface area (Å²) in [6, 6.07) is 7.10. The molecule has 6 heterocycles. The van der Waals surface area contributed by atoms with Crippen LogP contribution in [0.15, 0.2) is 55.8 Å². The summed E-state index contributed by atoms with van der Waals surface area (Å²) >= 11 is 0. The topological polar surface area (TPSA) is 139 Å². The molecule has 5 aromatic heterocycles. The van der Waals surface area contributed by atoms with E-state index in [1.807, 2.05) is 23.1 Å². The Kier molecular flexibility index (Phi) is 7.00. The number of nitrogens with one attached hydrogen (secondary N) is 1. The van der Waals surface area contributed by atoms with E-state index in [1.165, 1.54) is 29.7 Å². The number of aromatic amines is 1. The van der Waals surface area contributed by atoms with Crippen LogP contribution < -0.4 is 4.74 Å². The van der Waals surface area contributed by atoms with Crippen molar-refractivity contribution in [2.75, 3.05) is 13.1 Å². The first kappa shape index (κ1) is 28.0. The second kappa shape index (κ2) is 11.0. The molecule has 44 heavy (non-hydrogen) atoms. The Morgan fingerprint density at radius 1 is 1.11 bits per heavy atom. The van der Waals surface area contributed by atoms with Crippen molar-refractivity contribution < 1.29 is 17.9 Å². The molecule has 2 fully saturated rings. The van der Waals surface area contributed by atoms with E-state index in [0.29, 0.717) is 24.8 Å². The van der Waals surface area contributed by atoms with Gasteiger partial charge in [-0.25, -0.2) is 24.6 Å². The van der Waals surface area contributed by atoms with Crippen molar-refractivity contribution in [2.45, 2.75) is 62.5 Å². The number of hydrogen-bond donors (Lipinski definition) is 1. The largest absolute Gasteiger partial charge is 0.474 e. The number of likely N-dealkylation sites (tertiary alicyclic amines) is 1. The Labute approximate surface area is 249 Å². The van der Waals surface area contributed by atoms with Crippen molar-refractivity contribution in [3.63, 3.8) is 0 Å². The van der Waals surface area contributed by atoms with Gasteiger partial charge in [0.05, 0.1) is 36.5 Å². The minimum absolute atomic E-state index is 0.0415. The van der Waals surface area contributed by atoms with Gasteiger partial charge in [0, 0.05) is 48.5 Å². The van der Waals surface area contributed by atoms with Gasteiger partial charge < -0.3 is 9.72 Å². The number of piperidine rings is 1. The number of pyridine rings is 1. The number of H-pyrrole nitrogens is 1. The lowest BCUT2D eigenvalue weighted by molar-refractivity contribution is -0.141. The maximum atomic E-state index is 13.6. The van der Waals surface area contributed by atoms with Crippen LogP contribution in [0.4, 0.5) is 13.2 Å². The first-order chi connectivity index (χ1) is 21.3. The van der Waals surface area contributed by atoms with E-state index >= 15 is 0 Å². The minimum Gasteiger partial charge on any atom is -0.474 e. The van der Waals surface area contributed by atoms with Crippen molar-refractivity contribution in [3.05, 3.63) is 67.0 Å². The SMILES string of the molecule is N#CC[C@]1(n2cc(-c3ncnc4[nH]ccc34)cn2)C[C@H](N2CCC(Oc3cc(Cn4cncn4)cc(C(F)(F)F)n3)CC2)C1. The summed E-state index contributed by atoms with van der Waals surface area (Å²) in [5.74, 6) is -0.0415. The molecular weight excluding hydrogens is 575 g/mol. The Morgan fingerprint density at radius 3 is 2.70 bits per heavy atom. The highest BCUT2D eigenvalue weighted by atomic mass is 19.4. The second-order valence-electron chi connectivity index (χ2n) is 11.4. The van der Waals surface area contributed by atoms with Crippen LogP contribution in [0.5, 0.6) is 5.88 Å². The van der Waals surface area contributed by atoms with E-state index in [1.54, 1.807) is 6.20 Å². The molecule has 5 aromatic rings. The minimum atomic E-state index is -4.60. The molecule has 7 rings (SSSR count). The molecule has 2 aliphatic rings. The molecule has 0 atom stereocenters. The molecular formula is C29H28F3N11O. The number of halogens is 3. The van der Waals surface area contributed by atoms with Gasteiger partial charge >= 0.3 is 6.18 Å². The van der Waals surface area contributed by atoms with Crippen LogP contribution in [0.25, 0.3) is 22.3 Å². The molecule has 226 valence electrons. The summed E-state index contributed by atoms with van der Waals surface area (Å²) in [7, 11) is 0. The molecule has 1 N–H and O–H groups in total. The molecule has 1 saturated carbocycles. The van der Waals surface area contributed by atoms with Crippen molar-refractivity contribution in [3.8, 4) is 23.2 Å². The van der Waals surface area contributed by atoms with Gasteiger partial charge in [0.15, 0.2) is 0 Å². The average Bonchev–Trinajstić information content (AvgIpc) is 3.77. The third-order valence-corrected chi connectivity index (χ3v) is 8.58. The van der Waals surface area contributed by atoms with Crippen LogP contribution >= 0.6 is 0 Å². The lowest BCUT2D eigenvalue weighted by Crippen LogP contribution is -2.58. The van der Waals surface area contributed by atoms with Gasteiger partial charge in [-0.1, -0.05) is 0 Å². The number of nitrogens with zero attached hydrogens (tertiary/aromatic N) is 10. The van der Waals surface area contributed by atoms with Gasteiger partial charge in [-0.15, -0.1) is 0 Å². The Hall–Kier alpha value is -4.84. The van der Waals surface area contributed by atoms with Gasteiger partial charge in [-0.05, 0) is 43.4 Å². The average molecular weight is 604 g/mol. The number of fused-ring (bicyclic) bond motifs is 1. The highest BCUT2D eigenvalue weighted by molar-refractivity contribution is 5.90. The zero-order valence-corrected chi connectivity index (χ0v) is 23.5. The zero-order chi connectivity index (χ0) is 30.3. The van der Waals surface area contributed by atoms with E-state index in [4.69, 9.17) is 4.74 Å². The molecule has 1 aliphatic carbocycles.